The summed E-state index contributed by atoms with van der Waals surface area (Å²) in [4.78, 5) is 14.5. The van der Waals surface area contributed by atoms with Crippen molar-refractivity contribution in [1.29, 1.82) is 0 Å². The Bertz CT molecular complexity index is 680. The van der Waals surface area contributed by atoms with E-state index in [1.54, 1.807) is 12.0 Å². The number of amides is 1. The molecule has 0 atom stereocenters. The topological polar surface area (TPSA) is 55.6 Å². The number of methoxy groups -OCH3 is 1. The van der Waals surface area contributed by atoms with Crippen LogP contribution in [0.15, 0.2) is 36.4 Å². The van der Waals surface area contributed by atoms with E-state index in [1.165, 1.54) is 0 Å². The Labute approximate surface area is 131 Å². The minimum atomic E-state index is -0.104. The van der Waals surface area contributed by atoms with Crippen molar-refractivity contribution in [2.24, 2.45) is 11.1 Å². The summed E-state index contributed by atoms with van der Waals surface area (Å²) in [7, 11) is 3.46. The number of carbonyl (C=O) groups excluding carboxylic acids is 1. The Morgan fingerprint density at radius 1 is 1.18 bits per heavy atom. The van der Waals surface area contributed by atoms with Gasteiger partial charge in [0.1, 0.15) is 5.75 Å². The second-order valence-electron chi connectivity index (χ2n) is 6.39. The number of fused-ring (bicyclic) bond motifs is 1. The Morgan fingerprint density at radius 3 is 2.41 bits per heavy atom. The summed E-state index contributed by atoms with van der Waals surface area (Å²) >= 11 is 0. The zero-order valence-electron chi connectivity index (χ0n) is 13.7. The van der Waals surface area contributed by atoms with Gasteiger partial charge in [-0.3, -0.25) is 4.79 Å². The molecule has 0 saturated carbocycles. The van der Waals surface area contributed by atoms with Crippen molar-refractivity contribution < 1.29 is 9.53 Å². The normalized spacial score (nSPS) is 11.5. The van der Waals surface area contributed by atoms with Crippen LogP contribution in [-0.4, -0.2) is 38.1 Å². The summed E-state index contributed by atoms with van der Waals surface area (Å²) in [5, 5.41) is 1.85. The Morgan fingerprint density at radius 2 is 1.82 bits per heavy atom. The van der Waals surface area contributed by atoms with Crippen molar-refractivity contribution in [3.63, 3.8) is 0 Å². The van der Waals surface area contributed by atoms with E-state index in [1.807, 2.05) is 43.4 Å². The van der Waals surface area contributed by atoms with Crippen molar-refractivity contribution in [1.82, 2.24) is 4.90 Å². The van der Waals surface area contributed by atoms with Crippen LogP contribution in [0.4, 0.5) is 0 Å². The van der Waals surface area contributed by atoms with Crippen molar-refractivity contribution >= 4 is 16.7 Å². The fourth-order valence-electron chi connectivity index (χ4n) is 2.62. The average molecular weight is 300 g/mol. The molecule has 4 heteroatoms. The Kier molecular flexibility index (Phi) is 4.71. The molecule has 2 aromatic carbocycles. The molecule has 2 N–H and O–H groups in total. The summed E-state index contributed by atoms with van der Waals surface area (Å²) in [6.45, 7) is 5.27. The number of rotatable bonds is 5. The molecule has 0 spiro atoms. The first-order chi connectivity index (χ1) is 10.4. The van der Waals surface area contributed by atoms with Gasteiger partial charge >= 0.3 is 0 Å². The average Bonchev–Trinajstić information content (AvgIpc) is 2.52. The molecule has 0 aliphatic heterocycles. The summed E-state index contributed by atoms with van der Waals surface area (Å²) in [5.74, 6) is 0.775. The van der Waals surface area contributed by atoms with E-state index in [9.17, 15) is 4.79 Å². The van der Waals surface area contributed by atoms with Crippen molar-refractivity contribution in [3.8, 4) is 5.75 Å². The van der Waals surface area contributed by atoms with Gasteiger partial charge in [-0.25, -0.2) is 0 Å². The smallest absolute Gasteiger partial charge is 0.254 e. The van der Waals surface area contributed by atoms with Crippen LogP contribution in [0.2, 0.25) is 0 Å². The zero-order chi connectivity index (χ0) is 16.3. The standard InChI is InChI=1S/C18H24N2O2/c1-18(2,11-19)12-20(3)17(21)15-9-10-16(22-4)14-8-6-5-7-13(14)15/h5-10H,11-12,19H2,1-4H3. The number of nitrogens with two attached hydrogens (primary N) is 1. The number of benzene rings is 2. The fourth-order valence-corrected chi connectivity index (χ4v) is 2.62. The van der Waals surface area contributed by atoms with Gasteiger partial charge in [-0.15, -0.1) is 0 Å². The lowest BCUT2D eigenvalue weighted by atomic mass is 9.93. The van der Waals surface area contributed by atoms with Gasteiger partial charge in [0.05, 0.1) is 7.11 Å². The maximum Gasteiger partial charge on any atom is 0.254 e. The predicted molar refractivity (Wildman–Crippen MR) is 90.3 cm³/mol. The van der Waals surface area contributed by atoms with Crippen LogP contribution in [0.25, 0.3) is 10.8 Å². The Hall–Kier alpha value is -2.07. The molecular weight excluding hydrogens is 276 g/mol. The van der Waals surface area contributed by atoms with Gasteiger partial charge in [-0.2, -0.15) is 0 Å². The summed E-state index contributed by atoms with van der Waals surface area (Å²) in [6.07, 6.45) is 0. The second kappa shape index (κ2) is 6.36. The number of carbonyl (C=O) groups is 1. The summed E-state index contributed by atoms with van der Waals surface area (Å²) < 4.78 is 5.38. The van der Waals surface area contributed by atoms with Crippen LogP contribution in [0.5, 0.6) is 5.75 Å². The van der Waals surface area contributed by atoms with Gasteiger partial charge in [-0.1, -0.05) is 38.1 Å². The highest BCUT2D eigenvalue weighted by atomic mass is 16.5. The molecule has 0 radical (unpaired) electrons. The molecule has 0 unspecified atom stereocenters. The van der Waals surface area contributed by atoms with Gasteiger partial charge in [0, 0.05) is 24.5 Å². The second-order valence-corrected chi connectivity index (χ2v) is 6.39. The molecule has 0 aliphatic rings. The third-order valence-electron chi connectivity index (χ3n) is 3.90. The van der Waals surface area contributed by atoms with Crippen LogP contribution < -0.4 is 10.5 Å². The molecule has 0 aromatic heterocycles. The molecule has 0 saturated heterocycles. The first kappa shape index (κ1) is 16.3. The van der Waals surface area contributed by atoms with Crippen LogP contribution in [0.3, 0.4) is 0 Å². The zero-order valence-corrected chi connectivity index (χ0v) is 13.7. The molecule has 0 bridgehead atoms. The molecular formula is C18H24N2O2. The van der Waals surface area contributed by atoms with Gasteiger partial charge < -0.3 is 15.4 Å². The monoisotopic (exact) mass is 300 g/mol. The summed E-state index contributed by atoms with van der Waals surface area (Å²) in [6, 6.07) is 11.5. The number of ether oxygens (including phenoxy) is 1. The van der Waals surface area contributed by atoms with Crippen molar-refractivity contribution in [2.75, 3.05) is 27.2 Å². The first-order valence-electron chi connectivity index (χ1n) is 7.41. The molecule has 2 rings (SSSR count). The quantitative estimate of drug-likeness (QED) is 0.923. The van der Waals surface area contributed by atoms with E-state index >= 15 is 0 Å². The van der Waals surface area contributed by atoms with E-state index in [2.05, 4.69) is 13.8 Å². The van der Waals surface area contributed by atoms with Crippen LogP contribution in [0, 0.1) is 5.41 Å². The highest BCUT2D eigenvalue weighted by Crippen LogP contribution is 2.29. The highest BCUT2D eigenvalue weighted by Gasteiger charge is 2.23. The third-order valence-corrected chi connectivity index (χ3v) is 3.90. The minimum Gasteiger partial charge on any atom is -0.496 e. The molecule has 118 valence electrons. The lowest BCUT2D eigenvalue weighted by Crippen LogP contribution is -2.39. The molecule has 1 amide bonds. The minimum absolute atomic E-state index is 0.000350. The molecule has 22 heavy (non-hydrogen) atoms. The van der Waals surface area contributed by atoms with Gasteiger partial charge in [0.25, 0.3) is 5.91 Å². The number of hydrogen-bond donors (Lipinski definition) is 1. The lowest BCUT2D eigenvalue weighted by Gasteiger charge is -2.29. The largest absolute Gasteiger partial charge is 0.496 e. The third kappa shape index (κ3) is 3.22. The molecule has 4 nitrogen and oxygen atoms in total. The van der Waals surface area contributed by atoms with Gasteiger partial charge in [-0.05, 0) is 29.5 Å². The van der Waals surface area contributed by atoms with E-state index in [0.717, 1.165) is 16.5 Å². The first-order valence-corrected chi connectivity index (χ1v) is 7.41. The van der Waals surface area contributed by atoms with Crippen molar-refractivity contribution in [2.45, 2.75) is 13.8 Å². The fraction of sp³-hybridized carbons (Fsp3) is 0.389. The van der Waals surface area contributed by atoms with Crippen LogP contribution >= 0.6 is 0 Å². The van der Waals surface area contributed by atoms with E-state index < -0.39 is 0 Å². The lowest BCUT2D eigenvalue weighted by molar-refractivity contribution is 0.0742. The van der Waals surface area contributed by atoms with E-state index in [4.69, 9.17) is 10.5 Å². The maximum atomic E-state index is 12.8. The van der Waals surface area contributed by atoms with Gasteiger partial charge in [0.15, 0.2) is 0 Å². The SMILES string of the molecule is COc1ccc(C(=O)N(C)CC(C)(C)CN)c2ccccc12. The Balaban J connectivity index is 2.41. The number of hydrogen-bond acceptors (Lipinski definition) is 3. The molecule has 0 fully saturated rings. The number of nitrogens with zero attached hydrogens (tertiary/aromatic N) is 1. The predicted octanol–water partition coefficient (Wildman–Crippen LogP) is 2.91. The molecule has 0 aliphatic carbocycles. The van der Waals surface area contributed by atoms with Crippen LogP contribution in [-0.2, 0) is 0 Å². The van der Waals surface area contributed by atoms with E-state index in [-0.39, 0.29) is 11.3 Å². The summed E-state index contributed by atoms with van der Waals surface area (Å²) in [5.41, 5.74) is 6.35. The van der Waals surface area contributed by atoms with Gasteiger partial charge in [0.2, 0.25) is 0 Å². The van der Waals surface area contributed by atoms with Crippen LogP contribution in [0.1, 0.15) is 24.2 Å². The molecule has 0 heterocycles. The highest BCUT2D eigenvalue weighted by molar-refractivity contribution is 6.08. The van der Waals surface area contributed by atoms with E-state index in [0.29, 0.717) is 18.7 Å². The van der Waals surface area contributed by atoms with Crippen molar-refractivity contribution in [3.05, 3.63) is 42.0 Å². The maximum absolute atomic E-state index is 12.8. The molecule has 2 aromatic rings.